The van der Waals surface area contributed by atoms with Crippen LogP contribution in [0.2, 0.25) is 0 Å². The summed E-state index contributed by atoms with van der Waals surface area (Å²) in [7, 11) is 0. The van der Waals surface area contributed by atoms with Gasteiger partial charge in [0.15, 0.2) is 0 Å². The maximum atomic E-state index is 11.3. The molecule has 0 bridgehead atoms. The second kappa shape index (κ2) is 3.74. The Morgan fingerprint density at radius 1 is 1.69 bits per heavy atom. The van der Waals surface area contributed by atoms with Crippen molar-refractivity contribution in [3.63, 3.8) is 0 Å². The van der Waals surface area contributed by atoms with Crippen LogP contribution >= 0.6 is 0 Å². The van der Waals surface area contributed by atoms with Crippen LogP contribution in [0.4, 0.5) is 0 Å². The highest BCUT2D eigenvalue weighted by Gasteiger charge is 2.32. The number of carbonyl (C=O) groups excluding carboxylic acids is 1. The Hall–Kier alpha value is -0.450. The van der Waals surface area contributed by atoms with Crippen LogP contribution in [0.1, 0.15) is 6.92 Å². The van der Waals surface area contributed by atoms with E-state index >= 15 is 0 Å². The fourth-order valence-corrected chi connectivity index (χ4v) is 1.80. The van der Waals surface area contributed by atoms with Crippen LogP contribution in [-0.4, -0.2) is 55.6 Å². The molecule has 0 aromatic carbocycles. The summed E-state index contributed by atoms with van der Waals surface area (Å²) < 4.78 is 5.17. The first-order valence-electron chi connectivity index (χ1n) is 4.84. The molecule has 0 aromatic rings. The van der Waals surface area contributed by atoms with Gasteiger partial charge in [-0.25, -0.2) is 0 Å². The molecule has 0 saturated carbocycles. The van der Waals surface area contributed by atoms with E-state index in [0.29, 0.717) is 6.10 Å². The minimum Gasteiger partial charge on any atom is -0.372 e. The van der Waals surface area contributed by atoms with Gasteiger partial charge >= 0.3 is 0 Å². The maximum Gasteiger partial charge on any atom is 0.148 e. The topological polar surface area (TPSA) is 44.9 Å². The number of nitrogens with one attached hydrogen (secondary N) is 1. The number of hydrogen-bond donors (Lipinski definition) is 1. The van der Waals surface area contributed by atoms with Crippen molar-refractivity contribution in [1.29, 1.82) is 0 Å². The number of ketones is 1. The summed E-state index contributed by atoms with van der Waals surface area (Å²) in [6.45, 7) is 6.20. The van der Waals surface area contributed by atoms with Gasteiger partial charge in [0.05, 0.1) is 18.8 Å². The molecule has 2 atom stereocenters. The number of Topliss-reactive ketones (excluding diaryl/α,β-unsaturated/α-hetero) is 1. The predicted octanol–water partition coefficient (Wildman–Crippen LogP) is -0.752. The summed E-state index contributed by atoms with van der Waals surface area (Å²) in [4.78, 5) is 13.5. The zero-order valence-corrected chi connectivity index (χ0v) is 7.95. The predicted molar refractivity (Wildman–Crippen MR) is 48.7 cm³/mol. The van der Waals surface area contributed by atoms with Crippen molar-refractivity contribution in [2.24, 2.45) is 0 Å². The van der Waals surface area contributed by atoms with Crippen LogP contribution < -0.4 is 5.32 Å². The minimum atomic E-state index is 0.0675. The highest BCUT2D eigenvalue weighted by Crippen LogP contribution is 2.14. The summed E-state index contributed by atoms with van der Waals surface area (Å²) in [6.07, 6.45) is 0.389. The Kier molecular flexibility index (Phi) is 2.62. The molecule has 2 unspecified atom stereocenters. The lowest BCUT2D eigenvalue weighted by Gasteiger charge is -2.34. The van der Waals surface area contributed by atoms with E-state index in [1.807, 2.05) is 0 Å². The summed E-state index contributed by atoms with van der Waals surface area (Å²) in [5.41, 5.74) is 0. The molecule has 0 aliphatic carbocycles. The molecule has 0 amide bonds. The minimum absolute atomic E-state index is 0.0675. The molecule has 2 heterocycles. The smallest absolute Gasteiger partial charge is 0.148 e. The summed E-state index contributed by atoms with van der Waals surface area (Å²) in [6, 6.07) is 0.0675. The lowest BCUT2D eigenvalue weighted by molar-refractivity contribution is -0.122. The van der Waals surface area contributed by atoms with Gasteiger partial charge in [0.1, 0.15) is 5.78 Å². The molecule has 0 radical (unpaired) electrons. The van der Waals surface area contributed by atoms with Crippen molar-refractivity contribution >= 4 is 5.78 Å². The van der Waals surface area contributed by atoms with Crippen molar-refractivity contribution in [3.8, 4) is 0 Å². The zero-order chi connectivity index (χ0) is 9.26. The standard InChI is InChI=1S/C9H16N2O2/c1-7(12)9-4-10-2-3-11(9)5-8-6-13-8/h8-10H,2-6H2,1H3. The first kappa shape index (κ1) is 9.12. The van der Waals surface area contributed by atoms with Gasteiger partial charge < -0.3 is 10.1 Å². The number of ether oxygens (including phenoxy) is 1. The van der Waals surface area contributed by atoms with Crippen molar-refractivity contribution in [1.82, 2.24) is 10.2 Å². The van der Waals surface area contributed by atoms with E-state index in [9.17, 15) is 4.79 Å². The van der Waals surface area contributed by atoms with Crippen LogP contribution in [-0.2, 0) is 9.53 Å². The lowest BCUT2D eigenvalue weighted by Crippen LogP contribution is -2.55. The summed E-state index contributed by atoms with van der Waals surface area (Å²) in [5, 5.41) is 3.24. The molecular formula is C9H16N2O2. The number of nitrogens with zero attached hydrogens (tertiary/aromatic N) is 1. The molecule has 74 valence electrons. The molecule has 0 aromatic heterocycles. The van der Waals surface area contributed by atoms with Gasteiger partial charge in [-0.2, -0.15) is 0 Å². The van der Waals surface area contributed by atoms with Gasteiger partial charge in [-0.1, -0.05) is 0 Å². The largest absolute Gasteiger partial charge is 0.372 e. The number of carbonyl (C=O) groups is 1. The third kappa shape index (κ3) is 2.27. The summed E-state index contributed by atoms with van der Waals surface area (Å²) >= 11 is 0. The molecule has 2 aliphatic rings. The van der Waals surface area contributed by atoms with Crippen LogP contribution in [0.25, 0.3) is 0 Å². The number of epoxide rings is 1. The summed E-state index contributed by atoms with van der Waals surface area (Å²) in [5.74, 6) is 0.257. The molecule has 2 aliphatic heterocycles. The first-order chi connectivity index (χ1) is 6.27. The molecular weight excluding hydrogens is 168 g/mol. The monoisotopic (exact) mass is 184 g/mol. The SMILES string of the molecule is CC(=O)C1CNCCN1CC1CO1. The van der Waals surface area contributed by atoms with Gasteiger partial charge in [0.25, 0.3) is 0 Å². The highest BCUT2D eigenvalue weighted by molar-refractivity contribution is 5.81. The van der Waals surface area contributed by atoms with Crippen LogP contribution in [0, 0.1) is 0 Å². The third-order valence-corrected chi connectivity index (χ3v) is 2.66. The molecule has 2 rings (SSSR count). The van der Waals surface area contributed by atoms with Gasteiger partial charge in [-0.05, 0) is 6.92 Å². The van der Waals surface area contributed by atoms with E-state index in [1.165, 1.54) is 0 Å². The Morgan fingerprint density at radius 3 is 3.08 bits per heavy atom. The van der Waals surface area contributed by atoms with E-state index in [2.05, 4.69) is 10.2 Å². The van der Waals surface area contributed by atoms with Gasteiger partial charge in [-0.15, -0.1) is 0 Å². The van der Waals surface area contributed by atoms with Crippen molar-refractivity contribution in [2.45, 2.75) is 19.1 Å². The fourth-order valence-electron chi connectivity index (χ4n) is 1.80. The normalized spacial score (nSPS) is 34.5. The molecule has 4 nitrogen and oxygen atoms in total. The molecule has 2 fully saturated rings. The van der Waals surface area contributed by atoms with Crippen LogP contribution in [0.3, 0.4) is 0 Å². The lowest BCUT2D eigenvalue weighted by atomic mass is 10.1. The van der Waals surface area contributed by atoms with Gasteiger partial charge in [-0.3, -0.25) is 9.69 Å². The molecule has 4 heteroatoms. The highest BCUT2D eigenvalue weighted by atomic mass is 16.6. The average molecular weight is 184 g/mol. The Bertz CT molecular complexity index is 204. The number of hydrogen-bond acceptors (Lipinski definition) is 4. The first-order valence-corrected chi connectivity index (χ1v) is 4.84. The van der Waals surface area contributed by atoms with Gasteiger partial charge in [0.2, 0.25) is 0 Å². The van der Waals surface area contributed by atoms with E-state index in [-0.39, 0.29) is 11.8 Å². The molecule has 0 spiro atoms. The van der Waals surface area contributed by atoms with Gasteiger partial charge in [0, 0.05) is 26.2 Å². The van der Waals surface area contributed by atoms with E-state index in [1.54, 1.807) is 6.92 Å². The number of rotatable bonds is 3. The average Bonchev–Trinajstić information content (AvgIpc) is 2.89. The number of piperazine rings is 1. The van der Waals surface area contributed by atoms with E-state index < -0.39 is 0 Å². The molecule has 13 heavy (non-hydrogen) atoms. The quantitative estimate of drug-likeness (QED) is 0.586. The molecule has 2 saturated heterocycles. The third-order valence-electron chi connectivity index (χ3n) is 2.66. The fraction of sp³-hybridized carbons (Fsp3) is 0.889. The second-order valence-corrected chi connectivity index (χ2v) is 3.78. The van der Waals surface area contributed by atoms with Crippen LogP contribution in [0.15, 0.2) is 0 Å². The van der Waals surface area contributed by atoms with Crippen molar-refractivity contribution in [2.75, 3.05) is 32.8 Å². The van der Waals surface area contributed by atoms with Crippen LogP contribution in [0.5, 0.6) is 0 Å². The Balaban J connectivity index is 1.90. The molecule has 1 N–H and O–H groups in total. The Morgan fingerprint density at radius 2 is 2.46 bits per heavy atom. The Labute approximate surface area is 78.2 Å². The van der Waals surface area contributed by atoms with E-state index in [0.717, 1.165) is 32.8 Å². The van der Waals surface area contributed by atoms with Crippen molar-refractivity contribution < 1.29 is 9.53 Å². The van der Waals surface area contributed by atoms with E-state index in [4.69, 9.17) is 4.74 Å². The maximum absolute atomic E-state index is 11.3. The second-order valence-electron chi connectivity index (χ2n) is 3.78. The van der Waals surface area contributed by atoms with Crippen molar-refractivity contribution in [3.05, 3.63) is 0 Å². The zero-order valence-electron chi connectivity index (χ0n) is 7.95.